The summed E-state index contributed by atoms with van der Waals surface area (Å²) < 4.78 is 2.27. The van der Waals surface area contributed by atoms with E-state index in [9.17, 15) is 0 Å². The highest BCUT2D eigenvalue weighted by Gasteiger charge is 2.16. The molecule has 1 saturated heterocycles. The van der Waals surface area contributed by atoms with E-state index < -0.39 is 0 Å². The summed E-state index contributed by atoms with van der Waals surface area (Å²) in [6.45, 7) is 5.55. The van der Waals surface area contributed by atoms with Gasteiger partial charge in [0, 0.05) is 24.4 Å². The van der Waals surface area contributed by atoms with Gasteiger partial charge >= 0.3 is 0 Å². The van der Waals surface area contributed by atoms with Gasteiger partial charge in [-0.1, -0.05) is 0 Å². The zero-order valence-electron chi connectivity index (χ0n) is 8.87. The number of imidazole rings is 1. The van der Waals surface area contributed by atoms with Crippen LogP contribution in [-0.2, 0) is 6.54 Å². The van der Waals surface area contributed by atoms with E-state index in [1.54, 1.807) is 0 Å². The highest BCUT2D eigenvalue weighted by Crippen LogP contribution is 2.25. The van der Waals surface area contributed by atoms with E-state index in [1.807, 2.05) is 12.5 Å². The summed E-state index contributed by atoms with van der Waals surface area (Å²) in [6.07, 6.45) is 7.84. The van der Waals surface area contributed by atoms with Gasteiger partial charge in [0.1, 0.15) is 0 Å². The van der Waals surface area contributed by atoms with Gasteiger partial charge in [-0.3, -0.25) is 0 Å². The first-order chi connectivity index (χ1) is 6.92. The number of rotatable bonds is 2. The first-order valence-electron chi connectivity index (χ1n) is 5.62. The van der Waals surface area contributed by atoms with E-state index in [0.29, 0.717) is 5.92 Å². The molecule has 0 saturated carbocycles. The fourth-order valence-corrected chi connectivity index (χ4v) is 2.25. The Morgan fingerprint density at radius 1 is 1.50 bits per heavy atom. The lowest BCUT2D eigenvalue weighted by molar-refractivity contribution is 0.555. The minimum atomic E-state index is 0.715. The average molecular weight is 193 g/mol. The van der Waals surface area contributed by atoms with Gasteiger partial charge in [-0.2, -0.15) is 0 Å². The first-order valence-corrected chi connectivity index (χ1v) is 5.62. The van der Waals surface area contributed by atoms with Crippen molar-refractivity contribution in [1.29, 1.82) is 0 Å². The Kier molecular flexibility index (Phi) is 3.19. The number of aromatic nitrogens is 2. The monoisotopic (exact) mass is 193 g/mol. The van der Waals surface area contributed by atoms with Crippen LogP contribution in [0.1, 0.15) is 37.8 Å². The summed E-state index contributed by atoms with van der Waals surface area (Å²) in [7, 11) is 0. The van der Waals surface area contributed by atoms with Crippen molar-refractivity contribution in [1.82, 2.24) is 14.9 Å². The van der Waals surface area contributed by atoms with Crippen LogP contribution in [0, 0.1) is 0 Å². The lowest BCUT2D eigenvalue weighted by Gasteiger charge is -2.15. The number of nitrogens with one attached hydrogen (secondary N) is 1. The van der Waals surface area contributed by atoms with Gasteiger partial charge < -0.3 is 9.88 Å². The second-order valence-electron chi connectivity index (χ2n) is 3.98. The molecule has 1 N–H and O–H groups in total. The maximum Gasteiger partial charge on any atom is 0.0948 e. The van der Waals surface area contributed by atoms with Crippen molar-refractivity contribution in [2.75, 3.05) is 13.1 Å². The Balaban J connectivity index is 2.11. The number of nitrogens with zero attached hydrogens (tertiary/aromatic N) is 2. The van der Waals surface area contributed by atoms with Crippen LogP contribution in [0.5, 0.6) is 0 Å². The molecule has 14 heavy (non-hydrogen) atoms. The molecule has 1 fully saturated rings. The van der Waals surface area contributed by atoms with Crippen molar-refractivity contribution in [3.05, 3.63) is 18.2 Å². The van der Waals surface area contributed by atoms with E-state index in [2.05, 4.69) is 21.8 Å². The maximum absolute atomic E-state index is 4.24. The van der Waals surface area contributed by atoms with Crippen molar-refractivity contribution in [2.24, 2.45) is 0 Å². The molecule has 2 rings (SSSR count). The summed E-state index contributed by atoms with van der Waals surface area (Å²) in [5.41, 5.74) is 1.43. The molecule has 1 atom stereocenters. The number of hydrogen-bond donors (Lipinski definition) is 1. The molecule has 1 aromatic heterocycles. The lowest BCUT2D eigenvalue weighted by Crippen LogP contribution is -2.14. The molecule has 1 unspecified atom stereocenters. The molecule has 0 amide bonds. The third kappa shape index (κ3) is 1.98. The van der Waals surface area contributed by atoms with E-state index in [1.165, 1.54) is 31.5 Å². The Morgan fingerprint density at radius 2 is 2.43 bits per heavy atom. The summed E-state index contributed by atoms with van der Waals surface area (Å²) in [4.78, 5) is 4.24. The van der Waals surface area contributed by atoms with Crippen LogP contribution in [0.2, 0.25) is 0 Å². The fourth-order valence-electron chi connectivity index (χ4n) is 2.25. The minimum Gasteiger partial charge on any atom is -0.335 e. The molecule has 1 aromatic rings. The molecule has 0 aromatic carbocycles. The Morgan fingerprint density at radius 3 is 3.29 bits per heavy atom. The Bertz CT molecular complexity index is 272. The molecule has 2 heterocycles. The predicted molar refractivity (Wildman–Crippen MR) is 57.4 cm³/mol. The summed E-state index contributed by atoms with van der Waals surface area (Å²) >= 11 is 0. The third-order valence-electron chi connectivity index (χ3n) is 3.08. The molecule has 3 heteroatoms. The molecule has 0 bridgehead atoms. The van der Waals surface area contributed by atoms with Crippen molar-refractivity contribution in [2.45, 2.75) is 38.6 Å². The summed E-state index contributed by atoms with van der Waals surface area (Å²) in [6, 6.07) is 0. The molecule has 78 valence electrons. The fraction of sp³-hybridized carbons (Fsp3) is 0.727. The van der Waals surface area contributed by atoms with Gasteiger partial charge in [-0.25, -0.2) is 4.98 Å². The molecule has 0 radical (unpaired) electrons. The summed E-state index contributed by atoms with van der Waals surface area (Å²) in [5, 5.41) is 3.45. The van der Waals surface area contributed by atoms with Gasteiger partial charge in [0.2, 0.25) is 0 Å². The smallest absolute Gasteiger partial charge is 0.0948 e. The Hall–Kier alpha value is -0.830. The van der Waals surface area contributed by atoms with Crippen LogP contribution in [-0.4, -0.2) is 22.6 Å². The molecular weight excluding hydrogens is 174 g/mol. The van der Waals surface area contributed by atoms with Crippen LogP contribution in [0.3, 0.4) is 0 Å². The summed E-state index contributed by atoms with van der Waals surface area (Å²) in [5.74, 6) is 0.715. The van der Waals surface area contributed by atoms with Crippen LogP contribution >= 0.6 is 0 Å². The average Bonchev–Trinajstić information content (AvgIpc) is 2.52. The highest BCUT2D eigenvalue weighted by atomic mass is 15.0. The van der Waals surface area contributed by atoms with Crippen LogP contribution in [0.4, 0.5) is 0 Å². The Labute approximate surface area is 85.5 Å². The quantitative estimate of drug-likeness (QED) is 0.775. The molecule has 0 spiro atoms. The minimum absolute atomic E-state index is 0.715. The largest absolute Gasteiger partial charge is 0.335 e. The van der Waals surface area contributed by atoms with Gasteiger partial charge in [-0.05, 0) is 39.3 Å². The van der Waals surface area contributed by atoms with Crippen LogP contribution < -0.4 is 5.32 Å². The predicted octanol–water partition coefficient (Wildman–Crippen LogP) is 1.76. The second kappa shape index (κ2) is 4.60. The molecule has 3 nitrogen and oxygen atoms in total. The zero-order valence-corrected chi connectivity index (χ0v) is 8.87. The molecular formula is C11H19N3. The molecule has 1 aliphatic rings. The number of aryl methyl sites for hydroxylation is 1. The SMILES string of the molecule is CCn1cncc1C1CCCNCC1. The first kappa shape index (κ1) is 9.71. The zero-order chi connectivity index (χ0) is 9.80. The van der Waals surface area contributed by atoms with Crippen LogP contribution in [0.25, 0.3) is 0 Å². The second-order valence-corrected chi connectivity index (χ2v) is 3.98. The molecule has 0 aliphatic carbocycles. The van der Waals surface area contributed by atoms with Gasteiger partial charge in [0.25, 0.3) is 0 Å². The lowest BCUT2D eigenvalue weighted by atomic mass is 9.97. The van der Waals surface area contributed by atoms with Gasteiger partial charge in [0.15, 0.2) is 0 Å². The maximum atomic E-state index is 4.24. The number of hydrogen-bond acceptors (Lipinski definition) is 2. The highest BCUT2D eigenvalue weighted by molar-refractivity contribution is 5.07. The van der Waals surface area contributed by atoms with Crippen LogP contribution in [0.15, 0.2) is 12.5 Å². The van der Waals surface area contributed by atoms with E-state index in [4.69, 9.17) is 0 Å². The van der Waals surface area contributed by atoms with Gasteiger partial charge in [0.05, 0.1) is 6.33 Å². The van der Waals surface area contributed by atoms with Gasteiger partial charge in [-0.15, -0.1) is 0 Å². The van der Waals surface area contributed by atoms with Crippen molar-refractivity contribution in [3.8, 4) is 0 Å². The third-order valence-corrected chi connectivity index (χ3v) is 3.08. The van der Waals surface area contributed by atoms with E-state index in [-0.39, 0.29) is 0 Å². The van der Waals surface area contributed by atoms with E-state index in [0.717, 1.165) is 13.1 Å². The standard InChI is InChI=1S/C11H19N3/c1-2-14-9-13-8-11(14)10-4-3-6-12-7-5-10/h8-10,12H,2-7H2,1H3. The van der Waals surface area contributed by atoms with Crippen molar-refractivity contribution in [3.63, 3.8) is 0 Å². The van der Waals surface area contributed by atoms with Crippen molar-refractivity contribution < 1.29 is 0 Å². The van der Waals surface area contributed by atoms with E-state index >= 15 is 0 Å². The van der Waals surface area contributed by atoms with Crippen molar-refractivity contribution >= 4 is 0 Å². The molecule has 1 aliphatic heterocycles. The topological polar surface area (TPSA) is 29.9 Å². The normalized spacial score (nSPS) is 23.4.